The summed E-state index contributed by atoms with van der Waals surface area (Å²) >= 11 is 0. The Morgan fingerprint density at radius 3 is 0.688 bits per heavy atom. The number of carbonyl (C=O) groups is 3. The number of hydrogen-bond acceptors (Lipinski definition) is 6. The minimum Gasteiger partial charge on any atom is -0.462 e. The topological polar surface area (TPSA) is 78.9 Å². The third-order valence-corrected chi connectivity index (χ3v) is 16.7. The molecule has 0 radical (unpaired) electrons. The van der Waals surface area contributed by atoms with Crippen molar-refractivity contribution in [1.29, 1.82) is 0 Å². The highest BCUT2D eigenvalue weighted by molar-refractivity contribution is 5.71. The van der Waals surface area contributed by atoms with Gasteiger partial charge in [-0.2, -0.15) is 0 Å². The Hall–Kier alpha value is -2.11. The molecule has 0 bridgehead atoms. The van der Waals surface area contributed by atoms with Crippen molar-refractivity contribution in [1.82, 2.24) is 0 Å². The van der Waals surface area contributed by atoms with E-state index in [1.54, 1.807) is 0 Å². The molecule has 0 aliphatic carbocycles. The van der Waals surface area contributed by atoms with Gasteiger partial charge in [-0.1, -0.05) is 366 Å². The van der Waals surface area contributed by atoms with Gasteiger partial charge in [0, 0.05) is 19.3 Å². The fourth-order valence-corrected chi connectivity index (χ4v) is 11.2. The van der Waals surface area contributed by atoms with Crippen molar-refractivity contribution in [3.63, 3.8) is 0 Å². The maximum absolute atomic E-state index is 12.9. The smallest absolute Gasteiger partial charge is 0.306 e. The largest absolute Gasteiger partial charge is 0.462 e. The normalized spacial score (nSPS) is 12.1. The van der Waals surface area contributed by atoms with Crippen molar-refractivity contribution in [3.8, 4) is 0 Å². The first kappa shape index (κ1) is 77.9. The molecule has 80 heavy (non-hydrogen) atoms. The summed E-state index contributed by atoms with van der Waals surface area (Å²) in [6.45, 7) is 6.71. The number of carbonyl (C=O) groups excluding carboxylic acids is 3. The second-order valence-corrected chi connectivity index (χ2v) is 24.9. The Labute approximate surface area is 500 Å². The average molecular weight is 1130 g/mol. The summed E-state index contributed by atoms with van der Waals surface area (Å²) in [4.78, 5) is 38.4. The van der Waals surface area contributed by atoms with Crippen LogP contribution >= 0.6 is 0 Å². The minimum absolute atomic E-state index is 0.0627. The quantitative estimate of drug-likeness (QED) is 0.0261. The van der Waals surface area contributed by atoms with Gasteiger partial charge in [0.05, 0.1) is 0 Å². The predicted octanol–water partition coefficient (Wildman–Crippen LogP) is 25.0. The third-order valence-electron chi connectivity index (χ3n) is 16.7. The first-order valence-electron chi connectivity index (χ1n) is 36.3. The molecule has 0 saturated heterocycles. The molecule has 472 valence electrons. The van der Waals surface area contributed by atoms with E-state index in [4.69, 9.17) is 14.2 Å². The molecule has 1 unspecified atom stereocenters. The van der Waals surface area contributed by atoms with E-state index in [-0.39, 0.29) is 31.1 Å². The van der Waals surface area contributed by atoms with E-state index in [9.17, 15) is 14.4 Å². The van der Waals surface area contributed by atoms with E-state index < -0.39 is 6.10 Å². The Balaban J connectivity index is 4.08. The third kappa shape index (κ3) is 66.7. The lowest BCUT2D eigenvalue weighted by Crippen LogP contribution is -2.30. The summed E-state index contributed by atoms with van der Waals surface area (Å²) in [5.74, 6) is -0.828. The highest BCUT2D eigenvalue weighted by Gasteiger charge is 2.19. The van der Waals surface area contributed by atoms with Gasteiger partial charge >= 0.3 is 17.9 Å². The lowest BCUT2D eigenvalue weighted by molar-refractivity contribution is -0.167. The zero-order chi connectivity index (χ0) is 57.8. The van der Waals surface area contributed by atoms with Gasteiger partial charge in [0.15, 0.2) is 6.10 Å². The maximum atomic E-state index is 12.9. The van der Waals surface area contributed by atoms with Crippen LogP contribution < -0.4 is 0 Å². The van der Waals surface area contributed by atoms with Crippen molar-refractivity contribution < 1.29 is 28.6 Å². The molecule has 6 nitrogen and oxygen atoms in total. The molecule has 0 spiro atoms. The maximum Gasteiger partial charge on any atom is 0.306 e. The summed E-state index contributed by atoms with van der Waals surface area (Å²) in [7, 11) is 0. The number of unbranched alkanes of at least 4 members (excludes halogenated alkanes) is 53. The SMILES string of the molecule is CCCCCCC/C=C\C/C=C\CCCCCCCCCCCCCCCCCCCCCCCC(=O)OCC(COC(=O)CCCCCCCCCCCCCCC)OC(=O)CCCCCCCCCCCCCCCCCC. The molecular weight excluding hydrogens is 985 g/mol. The molecule has 0 saturated carbocycles. The molecule has 0 amide bonds. The van der Waals surface area contributed by atoms with Gasteiger partial charge in [-0.3, -0.25) is 14.4 Å². The Morgan fingerprint density at radius 1 is 0.250 bits per heavy atom. The molecule has 6 heteroatoms. The van der Waals surface area contributed by atoms with Gasteiger partial charge in [0.2, 0.25) is 0 Å². The number of allylic oxidation sites excluding steroid dienone is 4. The molecule has 0 aromatic rings. The first-order valence-corrected chi connectivity index (χ1v) is 36.3. The number of ether oxygens (including phenoxy) is 3. The molecule has 0 heterocycles. The van der Waals surface area contributed by atoms with Crippen molar-refractivity contribution >= 4 is 17.9 Å². The van der Waals surface area contributed by atoms with Crippen LogP contribution in [0.3, 0.4) is 0 Å². The molecular formula is C74H140O6. The van der Waals surface area contributed by atoms with Crippen LogP contribution in [0.2, 0.25) is 0 Å². The Morgan fingerprint density at radius 2 is 0.450 bits per heavy atom. The second kappa shape index (κ2) is 69.4. The number of esters is 3. The van der Waals surface area contributed by atoms with E-state index >= 15 is 0 Å². The van der Waals surface area contributed by atoms with E-state index in [2.05, 4.69) is 45.1 Å². The van der Waals surface area contributed by atoms with Crippen LogP contribution in [0.15, 0.2) is 24.3 Å². The molecule has 0 aliphatic rings. The molecule has 0 aromatic heterocycles. The molecule has 0 N–H and O–H groups in total. The van der Waals surface area contributed by atoms with Crippen LogP contribution in [0.1, 0.15) is 412 Å². The van der Waals surface area contributed by atoms with Crippen LogP contribution in [-0.4, -0.2) is 37.2 Å². The van der Waals surface area contributed by atoms with Crippen molar-refractivity contribution in [2.75, 3.05) is 13.2 Å². The second-order valence-electron chi connectivity index (χ2n) is 24.9. The van der Waals surface area contributed by atoms with Gasteiger partial charge in [0.1, 0.15) is 13.2 Å². The van der Waals surface area contributed by atoms with Gasteiger partial charge in [-0.25, -0.2) is 0 Å². The molecule has 0 aromatic carbocycles. The van der Waals surface area contributed by atoms with Gasteiger partial charge in [-0.05, 0) is 51.4 Å². The standard InChI is InChI=1S/C74H140O6/c1-4-7-10-13-16-19-22-25-27-29-30-31-32-33-34-35-36-37-38-39-40-41-42-43-44-45-47-49-52-55-58-61-64-67-73(76)79-70-71(69-78-72(75)66-63-60-57-54-51-48-24-21-18-15-12-9-6-3)80-74(77)68-65-62-59-56-53-50-46-28-26-23-20-17-14-11-8-5-2/h22,25,29-30,71H,4-21,23-24,26-28,31-70H2,1-3H3/b25-22-,30-29-. The van der Waals surface area contributed by atoms with Crippen molar-refractivity contribution in [3.05, 3.63) is 24.3 Å². The van der Waals surface area contributed by atoms with Crippen LogP contribution in [0.5, 0.6) is 0 Å². The number of rotatable bonds is 68. The molecule has 1 atom stereocenters. The van der Waals surface area contributed by atoms with Crippen molar-refractivity contribution in [2.24, 2.45) is 0 Å². The lowest BCUT2D eigenvalue weighted by Gasteiger charge is -2.18. The zero-order valence-corrected chi connectivity index (χ0v) is 54.4. The van der Waals surface area contributed by atoms with Crippen LogP contribution in [0.25, 0.3) is 0 Å². The Kier molecular flexibility index (Phi) is 67.6. The van der Waals surface area contributed by atoms with Gasteiger partial charge < -0.3 is 14.2 Å². The fourth-order valence-electron chi connectivity index (χ4n) is 11.2. The lowest BCUT2D eigenvalue weighted by atomic mass is 10.0. The molecule has 0 fully saturated rings. The van der Waals surface area contributed by atoms with E-state index in [1.165, 1.54) is 308 Å². The number of hydrogen-bond donors (Lipinski definition) is 0. The van der Waals surface area contributed by atoms with E-state index in [0.29, 0.717) is 19.3 Å². The summed E-state index contributed by atoms with van der Waals surface area (Å²) in [6.07, 6.45) is 85.1. The van der Waals surface area contributed by atoms with Gasteiger partial charge in [0.25, 0.3) is 0 Å². The van der Waals surface area contributed by atoms with Crippen LogP contribution in [0, 0.1) is 0 Å². The molecule has 0 aliphatic heterocycles. The first-order chi connectivity index (χ1) is 39.5. The highest BCUT2D eigenvalue weighted by Crippen LogP contribution is 2.19. The fraction of sp³-hybridized carbons (Fsp3) is 0.905. The van der Waals surface area contributed by atoms with Gasteiger partial charge in [-0.15, -0.1) is 0 Å². The minimum atomic E-state index is -0.765. The summed E-state index contributed by atoms with van der Waals surface area (Å²) in [5, 5.41) is 0. The Bertz CT molecular complexity index is 1290. The average Bonchev–Trinajstić information content (AvgIpc) is 3.46. The van der Waals surface area contributed by atoms with E-state index in [0.717, 1.165) is 64.2 Å². The summed E-state index contributed by atoms with van der Waals surface area (Å²) in [5.41, 5.74) is 0. The zero-order valence-electron chi connectivity index (χ0n) is 54.4. The summed E-state index contributed by atoms with van der Waals surface area (Å²) < 4.78 is 17.0. The summed E-state index contributed by atoms with van der Waals surface area (Å²) in [6, 6.07) is 0. The van der Waals surface area contributed by atoms with Crippen molar-refractivity contribution in [2.45, 2.75) is 419 Å². The van der Waals surface area contributed by atoms with Crippen LogP contribution in [-0.2, 0) is 28.6 Å². The molecule has 0 rings (SSSR count). The highest BCUT2D eigenvalue weighted by atomic mass is 16.6. The predicted molar refractivity (Wildman–Crippen MR) is 349 cm³/mol. The van der Waals surface area contributed by atoms with Crippen LogP contribution in [0.4, 0.5) is 0 Å². The van der Waals surface area contributed by atoms with E-state index in [1.807, 2.05) is 0 Å². The monoisotopic (exact) mass is 1130 g/mol.